The molecule has 16 nitrogen and oxygen atoms in total. The molecule has 0 bridgehead atoms. The maximum absolute atomic E-state index is 14.1. The second kappa shape index (κ2) is 20.5. The number of aromatic hydroxyl groups is 1. The molecule has 6 heterocycles. The Morgan fingerprint density at radius 2 is 1.75 bits per heavy atom. The summed E-state index contributed by atoms with van der Waals surface area (Å²) in [6.07, 6.45) is 6.51. The van der Waals surface area contributed by atoms with E-state index in [0.29, 0.717) is 40.8 Å². The van der Waals surface area contributed by atoms with Gasteiger partial charge in [0, 0.05) is 37.7 Å². The summed E-state index contributed by atoms with van der Waals surface area (Å²) in [5.41, 5.74) is 13.7. The van der Waals surface area contributed by atoms with Gasteiger partial charge >= 0.3 is 0 Å². The Morgan fingerprint density at radius 1 is 1.00 bits per heavy atom. The standard InChI is InChI=1S/C48H60N10O6S/c1-29(2)43(48(62)57-27-35(59)24-39(57)47(61)51-30(3)32-14-16-33(17-15-32)45-31(4)50-28-65-45)41-26-42(55-64-41)63-23-11-7-5-6-10-20-56-21-18-34(19-22-56)58-38-25-37(36-12-8-9-13-40(36)60)52-53-44(38)46(49)54-58/h8-9,12-17,25-26,28-30,34-35,39,43,59-60H,5-7,10-11,18-24,27H2,1-4H3,(H2,49,54)(H,51,61)/t30-,35+,39-,43?/m0/s1. The number of phenolic OH excluding ortho intramolecular Hbond substituents is 1. The number of carbonyl (C=O) groups excluding carboxylic acids is 2. The Hall–Kier alpha value is -5.91. The number of amides is 2. The fourth-order valence-corrected chi connectivity index (χ4v) is 10.0. The van der Waals surface area contributed by atoms with Crippen molar-refractivity contribution in [3.8, 4) is 33.3 Å². The number of aromatic nitrogens is 6. The minimum Gasteiger partial charge on any atom is -0.507 e. The number of carbonyl (C=O) groups is 2. The van der Waals surface area contributed by atoms with Gasteiger partial charge in [0.25, 0.3) is 5.88 Å². The zero-order chi connectivity index (χ0) is 45.6. The van der Waals surface area contributed by atoms with E-state index in [2.05, 4.69) is 35.7 Å². The first-order valence-electron chi connectivity index (χ1n) is 22.9. The molecule has 2 amide bonds. The number of para-hydroxylation sites is 1. The van der Waals surface area contributed by atoms with Gasteiger partial charge in [-0.25, -0.2) is 4.98 Å². The Morgan fingerprint density at radius 3 is 2.49 bits per heavy atom. The minimum absolute atomic E-state index is 0.0633. The number of likely N-dealkylation sites (tertiary alicyclic amines) is 2. The lowest BCUT2D eigenvalue weighted by Crippen LogP contribution is -2.48. The van der Waals surface area contributed by atoms with Crippen LogP contribution in [0.15, 0.2) is 70.7 Å². The second-order valence-corrected chi connectivity index (χ2v) is 18.7. The number of aliphatic hydroxyl groups is 1. The van der Waals surface area contributed by atoms with Crippen molar-refractivity contribution in [3.05, 3.63) is 83.2 Å². The number of phenols is 1. The molecular formula is C48H60N10O6S. The van der Waals surface area contributed by atoms with Crippen molar-refractivity contribution in [2.45, 2.75) is 109 Å². The van der Waals surface area contributed by atoms with Gasteiger partial charge in [-0.3, -0.25) is 14.3 Å². The van der Waals surface area contributed by atoms with Crippen LogP contribution in [0.1, 0.15) is 107 Å². The normalized spacial score (nSPS) is 18.1. The summed E-state index contributed by atoms with van der Waals surface area (Å²) in [7, 11) is 0. The number of β-amino-alcohol motifs (C(OH)–C–C–N with tert-alkyl or cyclic N) is 1. The van der Waals surface area contributed by atoms with E-state index in [1.54, 1.807) is 29.5 Å². The van der Waals surface area contributed by atoms with Crippen LogP contribution in [0.4, 0.5) is 5.82 Å². The van der Waals surface area contributed by atoms with Gasteiger partial charge < -0.3 is 40.3 Å². The summed E-state index contributed by atoms with van der Waals surface area (Å²) in [6.45, 7) is 11.3. The highest BCUT2D eigenvalue weighted by Gasteiger charge is 2.43. The number of nitrogen functional groups attached to an aromatic ring is 1. The van der Waals surface area contributed by atoms with E-state index in [0.717, 1.165) is 91.8 Å². The van der Waals surface area contributed by atoms with Crippen LogP contribution < -0.4 is 15.8 Å². The van der Waals surface area contributed by atoms with Crippen LogP contribution in [0.2, 0.25) is 0 Å². The molecule has 2 fully saturated rings. The molecule has 6 aromatic rings. The van der Waals surface area contributed by atoms with E-state index >= 15 is 0 Å². The van der Waals surface area contributed by atoms with E-state index < -0.39 is 18.1 Å². The van der Waals surface area contributed by atoms with Crippen molar-refractivity contribution >= 4 is 40.0 Å². The van der Waals surface area contributed by atoms with Gasteiger partial charge in [0.05, 0.1) is 52.1 Å². The van der Waals surface area contributed by atoms with Crippen molar-refractivity contribution in [1.82, 2.24) is 45.2 Å². The van der Waals surface area contributed by atoms with E-state index in [1.807, 2.05) is 80.4 Å². The van der Waals surface area contributed by atoms with Crippen LogP contribution in [0.5, 0.6) is 11.6 Å². The molecule has 2 saturated heterocycles. The number of benzene rings is 2. The molecule has 0 spiro atoms. The Bertz CT molecular complexity index is 2550. The zero-order valence-electron chi connectivity index (χ0n) is 37.6. The summed E-state index contributed by atoms with van der Waals surface area (Å²) < 4.78 is 13.6. The lowest BCUT2D eigenvalue weighted by molar-refractivity contribution is -0.141. The largest absolute Gasteiger partial charge is 0.507 e. The molecule has 0 saturated carbocycles. The van der Waals surface area contributed by atoms with Crippen LogP contribution in [0.25, 0.3) is 32.7 Å². The summed E-state index contributed by atoms with van der Waals surface area (Å²) >= 11 is 1.59. The lowest BCUT2D eigenvalue weighted by Gasteiger charge is -2.32. The summed E-state index contributed by atoms with van der Waals surface area (Å²) in [4.78, 5) is 37.3. The first kappa shape index (κ1) is 45.7. The van der Waals surface area contributed by atoms with Crippen molar-refractivity contribution in [1.29, 1.82) is 0 Å². The van der Waals surface area contributed by atoms with E-state index in [-0.39, 0.29) is 48.5 Å². The third-order valence-corrected chi connectivity index (χ3v) is 13.8. The molecule has 2 aliphatic rings. The van der Waals surface area contributed by atoms with Crippen LogP contribution in [-0.4, -0.2) is 107 Å². The number of unbranched alkanes of at least 4 members (excludes halogenated alkanes) is 4. The highest BCUT2D eigenvalue weighted by atomic mass is 32.1. The average Bonchev–Trinajstić information content (AvgIpc) is 4.11. The van der Waals surface area contributed by atoms with Crippen LogP contribution in [0.3, 0.4) is 0 Å². The van der Waals surface area contributed by atoms with Crippen LogP contribution in [0, 0.1) is 12.8 Å². The zero-order valence-corrected chi connectivity index (χ0v) is 38.4. The molecule has 8 rings (SSSR count). The van der Waals surface area contributed by atoms with Crippen molar-refractivity contribution in [2.75, 3.05) is 38.5 Å². The number of rotatable bonds is 18. The fourth-order valence-electron chi connectivity index (χ4n) is 9.19. The number of thiazole rings is 1. The lowest BCUT2D eigenvalue weighted by atomic mass is 9.91. The second-order valence-electron chi connectivity index (χ2n) is 17.8. The third-order valence-electron chi connectivity index (χ3n) is 12.8. The molecule has 5 N–H and O–H groups in total. The highest BCUT2D eigenvalue weighted by molar-refractivity contribution is 7.13. The number of anilines is 1. The van der Waals surface area contributed by atoms with Gasteiger partial charge in [-0.05, 0) is 86.5 Å². The number of nitrogens with two attached hydrogens (primary N) is 1. The predicted molar refractivity (Wildman–Crippen MR) is 249 cm³/mol. The SMILES string of the molecule is Cc1ncsc1-c1ccc([C@H](C)NC(=O)[C@@H]2C[C@@H](O)CN2C(=O)C(c2cc(OCCCCCCCN3CCC(n4nc(N)c5nnc(-c6ccccc6O)cc54)CC3)no2)C(C)C)cc1. The molecule has 2 aliphatic heterocycles. The van der Waals surface area contributed by atoms with E-state index in [9.17, 15) is 19.8 Å². The third kappa shape index (κ3) is 10.5. The molecule has 1 unspecified atom stereocenters. The minimum atomic E-state index is -0.816. The molecular weight excluding hydrogens is 845 g/mol. The van der Waals surface area contributed by atoms with Gasteiger partial charge in [0.2, 0.25) is 11.8 Å². The summed E-state index contributed by atoms with van der Waals surface area (Å²) in [6, 6.07) is 17.8. The van der Waals surface area contributed by atoms with Gasteiger partial charge in [-0.1, -0.05) is 69.5 Å². The smallest absolute Gasteiger partial charge is 0.254 e. The van der Waals surface area contributed by atoms with Crippen LogP contribution >= 0.6 is 11.3 Å². The highest BCUT2D eigenvalue weighted by Crippen LogP contribution is 2.35. The van der Waals surface area contributed by atoms with Gasteiger partial charge in [-0.15, -0.1) is 21.5 Å². The monoisotopic (exact) mass is 904 g/mol. The molecule has 4 aromatic heterocycles. The van der Waals surface area contributed by atoms with Crippen molar-refractivity contribution in [2.24, 2.45) is 5.92 Å². The first-order valence-corrected chi connectivity index (χ1v) is 23.7. The van der Waals surface area contributed by atoms with Gasteiger partial charge in [0.15, 0.2) is 17.1 Å². The molecule has 65 heavy (non-hydrogen) atoms. The molecule has 0 aliphatic carbocycles. The van der Waals surface area contributed by atoms with Crippen molar-refractivity contribution in [3.63, 3.8) is 0 Å². The van der Waals surface area contributed by atoms with E-state index in [4.69, 9.17) is 15.0 Å². The van der Waals surface area contributed by atoms with Crippen LogP contribution in [-0.2, 0) is 9.59 Å². The molecule has 17 heteroatoms. The van der Waals surface area contributed by atoms with Gasteiger partial charge in [0.1, 0.15) is 17.7 Å². The maximum atomic E-state index is 14.1. The molecule has 2 aromatic carbocycles. The Kier molecular flexibility index (Phi) is 14.4. The Labute approximate surface area is 383 Å². The molecule has 344 valence electrons. The number of fused-ring (bicyclic) bond motifs is 1. The van der Waals surface area contributed by atoms with Gasteiger partial charge in [-0.2, -0.15) is 5.10 Å². The molecule has 0 radical (unpaired) electrons. The number of ether oxygens (including phenoxy) is 1. The number of hydrogen-bond acceptors (Lipinski definition) is 14. The summed E-state index contributed by atoms with van der Waals surface area (Å²) in [5.74, 6) is -0.219. The quantitative estimate of drug-likeness (QED) is 0.0619. The topological polar surface area (TPSA) is 211 Å². The number of nitrogens with one attached hydrogen (secondary N) is 1. The number of piperidine rings is 1. The fraction of sp³-hybridized carbons (Fsp3) is 0.479. The Balaban J connectivity index is 0.749. The molecule has 4 atom stereocenters. The number of aryl methyl sites for hydroxylation is 1. The maximum Gasteiger partial charge on any atom is 0.254 e. The van der Waals surface area contributed by atoms with Crippen molar-refractivity contribution < 1.29 is 29.1 Å². The first-order chi connectivity index (χ1) is 31.4. The number of nitrogens with zero attached hydrogens (tertiary/aromatic N) is 8. The average molecular weight is 905 g/mol. The predicted octanol–water partition coefficient (Wildman–Crippen LogP) is 7.45. The number of aliphatic hydroxyl groups excluding tert-OH is 1. The summed E-state index contributed by atoms with van der Waals surface area (Å²) in [5, 5.41) is 41.5. The number of hydrogen-bond donors (Lipinski definition) is 4. The van der Waals surface area contributed by atoms with E-state index in [1.165, 1.54) is 4.90 Å².